The Hall–Kier alpha value is -1.90. The quantitative estimate of drug-likeness (QED) is 0.616. The van der Waals surface area contributed by atoms with E-state index in [0.717, 1.165) is 11.1 Å². The Morgan fingerprint density at radius 3 is 2.16 bits per heavy atom. The van der Waals surface area contributed by atoms with Crippen molar-refractivity contribution in [1.29, 1.82) is 0 Å². The van der Waals surface area contributed by atoms with E-state index < -0.39 is 0 Å². The third kappa shape index (κ3) is 3.78. The van der Waals surface area contributed by atoms with E-state index in [4.69, 9.17) is 0 Å². The molecular formula is C17H19NO. The van der Waals surface area contributed by atoms with Gasteiger partial charge < -0.3 is 5.21 Å². The molecule has 1 unspecified atom stereocenters. The van der Waals surface area contributed by atoms with Crippen LogP contribution in [0.4, 0.5) is 0 Å². The molecule has 2 aromatic carbocycles. The Kier molecular flexibility index (Phi) is 4.90. The lowest BCUT2D eigenvalue weighted by Gasteiger charge is -2.25. The predicted octanol–water partition coefficient (Wildman–Crippen LogP) is 4.20. The minimum Gasteiger partial charge on any atom is -0.313 e. The van der Waals surface area contributed by atoms with E-state index in [2.05, 4.69) is 6.58 Å². The Balaban J connectivity index is 2.13. The Bertz CT molecular complexity index is 495. The van der Waals surface area contributed by atoms with Gasteiger partial charge in [0.2, 0.25) is 0 Å². The zero-order valence-electron chi connectivity index (χ0n) is 10.9. The van der Waals surface area contributed by atoms with Crippen LogP contribution in [0.25, 0.3) is 0 Å². The van der Waals surface area contributed by atoms with Gasteiger partial charge in [-0.05, 0) is 17.5 Å². The molecule has 2 aromatic rings. The van der Waals surface area contributed by atoms with Crippen LogP contribution >= 0.6 is 0 Å². The smallest absolute Gasteiger partial charge is 0.0637 e. The highest BCUT2D eigenvalue weighted by atomic mass is 16.5. The summed E-state index contributed by atoms with van der Waals surface area (Å²) in [6, 6.07) is 19.9. The van der Waals surface area contributed by atoms with Crippen molar-refractivity contribution in [2.45, 2.75) is 19.0 Å². The van der Waals surface area contributed by atoms with Crippen LogP contribution < -0.4 is 0 Å². The van der Waals surface area contributed by atoms with Gasteiger partial charge in [-0.25, -0.2) is 0 Å². The molecule has 0 aliphatic rings. The lowest BCUT2D eigenvalue weighted by molar-refractivity contribution is -0.136. The number of hydrogen-bond acceptors (Lipinski definition) is 2. The maximum Gasteiger partial charge on any atom is 0.0637 e. The average molecular weight is 253 g/mol. The maximum absolute atomic E-state index is 10.3. The first-order valence-corrected chi connectivity index (χ1v) is 6.46. The zero-order chi connectivity index (χ0) is 13.5. The van der Waals surface area contributed by atoms with Gasteiger partial charge in [0.05, 0.1) is 6.04 Å². The topological polar surface area (TPSA) is 23.5 Å². The first kappa shape index (κ1) is 13.5. The van der Waals surface area contributed by atoms with E-state index >= 15 is 0 Å². The van der Waals surface area contributed by atoms with Gasteiger partial charge in [0, 0.05) is 6.54 Å². The fourth-order valence-corrected chi connectivity index (χ4v) is 2.14. The van der Waals surface area contributed by atoms with E-state index in [9.17, 15) is 5.21 Å². The largest absolute Gasteiger partial charge is 0.313 e. The lowest BCUT2D eigenvalue weighted by Crippen LogP contribution is -2.24. The molecule has 0 radical (unpaired) electrons. The SMILES string of the molecule is C=CCC(c1ccccc1)N(O)Cc1ccccc1. The maximum atomic E-state index is 10.3. The summed E-state index contributed by atoms with van der Waals surface area (Å²) in [4.78, 5) is 0. The first-order chi connectivity index (χ1) is 9.31. The highest BCUT2D eigenvalue weighted by Crippen LogP contribution is 2.24. The molecule has 0 aliphatic heterocycles. The third-order valence-electron chi connectivity index (χ3n) is 3.12. The fraction of sp³-hybridized carbons (Fsp3) is 0.176. The molecule has 0 saturated carbocycles. The van der Waals surface area contributed by atoms with Crippen molar-refractivity contribution in [3.8, 4) is 0 Å². The van der Waals surface area contributed by atoms with E-state index in [1.54, 1.807) is 0 Å². The van der Waals surface area contributed by atoms with E-state index in [-0.39, 0.29) is 6.04 Å². The molecule has 0 saturated heterocycles. The van der Waals surface area contributed by atoms with Crippen LogP contribution in [0.1, 0.15) is 23.6 Å². The van der Waals surface area contributed by atoms with Gasteiger partial charge in [-0.1, -0.05) is 66.7 Å². The molecule has 2 rings (SSSR count). The number of hydroxylamine groups is 2. The van der Waals surface area contributed by atoms with Crippen molar-refractivity contribution < 1.29 is 5.21 Å². The number of nitrogens with zero attached hydrogens (tertiary/aromatic N) is 1. The van der Waals surface area contributed by atoms with Gasteiger partial charge in [0.25, 0.3) is 0 Å². The summed E-state index contributed by atoms with van der Waals surface area (Å²) < 4.78 is 0. The van der Waals surface area contributed by atoms with Crippen LogP contribution in [0.2, 0.25) is 0 Å². The number of hydrogen-bond donors (Lipinski definition) is 1. The van der Waals surface area contributed by atoms with Crippen molar-refractivity contribution in [1.82, 2.24) is 5.06 Å². The second kappa shape index (κ2) is 6.88. The Morgan fingerprint density at radius 1 is 1.00 bits per heavy atom. The van der Waals surface area contributed by atoms with Gasteiger partial charge >= 0.3 is 0 Å². The molecule has 0 spiro atoms. The van der Waals surface area contributed by atoms with Gasteiger partial charge in [0.1, 0.15) is 0 Å². The predicted molar refractivity (Wildman–Crippen MR) is 77.8 cm³/mol. The van der Waals surface area contributed by atoms with E-state index in [1.807, 2.05) is 66.7 Å². The summed E-state index contributed by atoms with van der Waals surface area (Å²) in [7, 11) is 0. The second-order valence-electron chi connectivity index (χ2n) is 4.53. The van der Waals surface area contributed by atoms with E-state index in [0.29, 0.717) is 13.0 Å². The Labute approximate surface area is 114 Å². The molecule has 0 aliphatic carbocycles. The van der Waals surface area contributed by atoms with Crippen molar-refractivity contribution in [2.24, 2.45) is 0 Å². The van der Waals surface area contributed by atoms with Crippen LogP contribution in [0, 0.1) is 0 Å². The summed E-state index contributed by atoms with van der Waals surface area (Å²) in [6.45, 7) is 4.29. The molecule has 98 valence electrons. The summed E-state index contributed by atoms with van der Waals surface area (Å²) in [5, 5.41) is 11.7. The minimum atomic E-state index is -0.0566. The third-order valence-corrected chi connectivity index (χ3v) is 3.12. The standard InChI is InChI=1S/C17H19NO/c1-2-9-17(16-12-7-4-8-13-16)18(19)14-15-10-5-3-6-11-15/h2-8,10-13,17,19H,1,9,14H2. The molecule has 0 heterocycles. The van der Waals surface area contributed by atoms with E-state index in [1.165, 1.54) is 5.06 Å². The number of rotatable bonds is 6. The van der Waals surface area contributed by atoms with Crippen molar-refractivity contribution in [3.63, 3.8) is 0 Å². The highest BCUT2D eigenvalue weighted by Gasteiger charge is 2.17. The summed E-state index contributed by atoms with van der Waals surface area (Å²) in [5.74, 6) is 0. The molecule has 2 nitrogen and oxygen atoms in total. The molecular weight excluding hydrogens is 234 g/mol. The van der Waals surface area contributed by atoms with Gasteiger partial charge in [-0.3, -0.25) is 0 Å². The minimum absolute atomic E-state index is 0.0566. The van der Waals surface area contributed by atoms with Crippen molar-refractivity contribution in [3.05, 3.63) is 84.4 Å². The lowest BCUT2D eigenvalue weighted by atomic mass is 10.0. The normalized spacial score (nSPS) is 12.3. The molecule has 0 aromatic heterocycles. The molecule has 0 bridgehead atoms. The molecule has 19 heavy (non-hydrogen) atoms. The summed E-state index contributed by atoms with van der Waals surface area (Å²) >= 11 is 0. The highest BCUT2D eigenvalue weighted by molar-refractivity contribution is 5.20. The van der Waals surface area contributed by atoms with Gasteiger partial charge in [0.15, 0.2) is 0 Å². The molecule has 0 amide bonds. The molecule has 0 fully saturated rings. The summed E-state index contributed by atoms with van der Waals surface area (Å²) in [6.07, 6.45) is 2.55. The molecule has 1 atom stereocenters. The average Bonchev–Trinajstić information content (AvgIpc) is 2.46. The van der Waals surface area contributed by atoms with Gasteiger partial charge in [-0.15, -0.1) is 6.58 Å². The zero-order valence-corrected chi connectivity index (χ0v) is 10.9. The fourth-order valence-electron chi connectivity index (χ4n) is 2.14. The first-order valence-electron chi connectivity index (χ1n) is 6.46. The van der Waals surface area contributed by atoms with Crippen LogP contribution in [0.15, 0.2) is 73.3 Å². The second-order valence-corrected chi connectivity index (χ2v) is 4.53. The summed E-state index contributed by atoms with van der Waals surface area (Å²) in [5.41, 5.74) is 2.19. The Morgan fingerprint density at radius 2 is 1.58 bits per heavy atom. The van der Waals surface area contributed by atoms with Gasteiger partial charge in [-0.2, -0.15) is 5.06 Å². The monoisotopic (exact) mass is 253 g/mol. The van der Waals surface area contributed by atoms with Crippen LogP contribution in [-0.4, -0.2) is 10.3 Å². The van der Waals surface area contributed by atoms with Crippen LogP contribution in [0.3, 0.4) is 0 Å². The van der Waals surface area contributed by atoms with Crippen LogP contribution in [0.5, 0.6) is 0 Å². The molecule has 2 heteroatoms. The van der Waals surface area contributed by atoms with Crippen LogP contribution in [-0.2, 0) is 6.54 Å². The number of benzene rings is 2. The molecule has 1 N–H and O–H groups in total. The van der Waals surface area contributed by atoms with Crippen molar-refractivity contribution >= 4 is 0 Å². The van der Waals surface area contributed by atoms with Crippen molar-refractivity contribution in [2.75, 3.05) is 0 Å².